The first-order valence-electron chi connectivity index (χ1n) is 5.60. The fourth-order valence-corrected chi connectivity index (χ4v) is 1.19. The van der Waals surface area contributed by atoms with E-state index in [4.69, 9.17) is 14.9 Å². The highest BCUT2D eigenvalue weighted by Crippen LogP contribution is 2.17. The molecule has 0 spiro atoms. The summed E-state index contributed by atoms with van der Waals surface area (Å²) in [6.45, 7) is 0.571. The molecule has 0 radical (unpaired) electrons. The zero-order valence-corrected chi connectivity index (χ0v) is 11.3. The lowest BCUT2D eigenvalue weighted by Gasteiger charge is -2.24. The molecular weight excluding hydrogens is 258 g/mol. The quantitative estimate of drug-likeness (QED) is 0.381. The summed E-state index contributed by atoms with van der Waals surface area (Å²) < 4.78 is 5.32. The number of ether oxygens (including phenoxy) is 1. The van der Waals surface area contributed by atoms with Crippen LogP contribution in [0.5, 0.6) is 0 Å². The lowest BCUT2D eigenvalue weighted by atomic mass is 9.96. The Balaban J connectivity index is 4.41. The molecule has 0 bridgehead atoms. The smallest absolute Gasteiger partial charge is 0.336 e. The zero-order chi connectivity index (χ0) is 15.3. The first-order valence-corrected chi connectivity index (χ1v) is 5.60. The van der Waals surface area contributed by atoms with Gasteiger partial charge in [-0.2, -0.15) is 0 Å². The SMILES string of the molecule is C[N+](C)(C)CCOC(=O)CC(O)(CC(=O)O)C(=O)O. The van der Waals surface area contributed by atoms with Gasteiger partial charge in [-0.05, 0) is 0 Å². The molecule has 0 aliphatic heterocycles. The summed E-state index contributed by atoms with van der Waals surface area (Å²) in [5, 5.41) is 26.9. The van der Waals surface area contributed by atoms with Crippen LogP contribution >= 0.6 is 0 Å². The number of likely N-dealkylation sites (N-methyl/N-ethyl adjacent to an activating group) is 1. The Morgan fingerprint density at radius 1 is 1.11 bits per heavy atom. The highest BCUT2D eigenvalue weighted by molar-refractivity contribution is 5.88. The van der Waals surface area contributed by atoms with Crippen molar-refractivity contribution < 1.29 is 38.9 Å². The number of rotatable bonds is 8. The van der Waals surface area contributed by atoms with Gasteiger partial charge >= 0.3 is 17.9 Å². The maximum Gasteiger partial charge on any atom is 0.336 e. The predicted molar refractivity (Wildman–Crippen MR) is 63.3 cm³/mol. The maximum atomic E-state index is 11.4. The number of esters is 1. The lowest BCUT2D eigenvalue weighted by molar-refractivity contribution is -0.870. The van der Waals surface area contributed by atoms with Crippen LogP contribution < -0.4 is 0 Å². The second-order valence-corrected chi connectivity index (χ2v) is 5.32. The van der Waals surface area contributed by atoms with Crippen LogP contribution in [0.2, 0.25) is 0 Å². The normalized spacial score (nSPS) is 14.5. The summed E-state index contributed by atoms with van der Waals surface area (Å²) in [6, 6.07) is 0. The standard InChI is InChI=1S/C11H19NO7/c1-12(2,3)4-5-19-9(15)7-11(18,10(16)17)6-8(13)14/h18H,4-7H2,1-3H3,(H-,13,14,16,17)/p+1. The van der Waals surface area contributed by atoms with Crippen molar-refractivity contribution in [3.63, 3.8) is 0 Å². The van der Waals surface area contributed by atoms with Gasteiger partial charge in [-0.1, -0.05) is 0 Å². The molecule has 110 valence electrons. The van der Waals surface area contributed by atoms with Crippen molar-refractivity contribution in [3.8, 4) is 0 Å². The van der Waals surface area contributed by atoms with Gasteiger partial charge in [0.25, 0.3) is 0 Å². The monoisotopic (exact) mass is 278 g/mol. The van der Waals surface area contributed by atoms with E-state index in [1.165, 1.54) is 0 Å². The highest BCUT2D eigenvalue weighted by Gasteiger charge is 2.41. The Morgan fingerprint density at radius 3 is 2.00 bits per heavy atom. The topological polar surface area (TPSA) is 121 Å². The van der Waals surface area contributed by atoms with E-state index in [2.05, 4.69) is 0 Å². The van der Waals surface area contributed by atoms with E-state index in [9.17, 15) is 19.5 Å². The second-order valence-electron chi connectivity index (χ2n) is 5.32. The van der Waals surface area contributed by atoms with Crippen LogP contribution in [0.15, 0.2) is 0 Å². The molecule has 0 heterocycles. The molecule has 0 rings (SSSR count). The van der Waals surface area contributed by atoms with Gasteiger partial charge in [-0.25, -0.2) is 4.79 Å². The van der Waals surface area contributed by atoms with Crippen LogP contribution in [-0.4, -0.2) is 77.6 Å². The van der Waals surface area contributed by atoms with Crippen LogP contribution in [0, 0.1) is 0 Å². The molecule has 0 aromatic rings. The molecule has 0 aliphatic carbocycles. The first kappa shape index (κ1) is 17.3. The Morgan fingerprint density at radius 2 is 1.63 bits per heavy atom. The molecule has 0 fully saturated rings. The number of aliphatic hydroxyl groups is 1. The molecule has 0 amide bonds. The lowest BCUT2D eigenvalue weighted by Crippen LogP contribution is -2.43. The number of carbonyl (C=O) groups excluding carboxylic acids is 1. The maximum absolute atomic E-state index is 11.4. The summed E-state index contributed by atoms with van der Waals surface area (Å²) in [5.74, 6) is -4.22. The number of carbonyl (C=O) groups is 3. The number of nitrogens with zero attached hydrogens (tertiary/aromatic N) is 1. The van der Waals surface area contributed by atoms with E-state index in [1.807, 2.05) is 21.1 Å². The molecule has 1 atom stereocenters. The van der Waals surface area contributed by atoms with Gasteiger partial charge in [0.15, 0.2) is 5.60 Å². The summed E-state index contributed by atoms with van der Waals surface area (Å²) in [6.07, 6.45) is -1.96. The summed E-state index contributed by atoms with van der Waals surface area (Å²) in [5.41, 5.74) is -2.64. The highest BCUT2D eigenvalue weighted by atomic mass is 16.5. The number of hydrogen-bond acceptors (Lipinski definition) is 5. The second kappa shape index (κ2) is 6.48. The van der Waals surface area contributed by atoms with E-state index < -0.39 is 36.4 Å². The van der Waals surface area contributed by atoms with Gasteiger partial charge in [-0.15, -0.1) is 0 Å². The molecule has 3 N–H and O–H groups in total. The largest absolute Gasteiger partial charge is 0.481 e. The van der Waals surface area contributed by atoms with E-state index in [0.717, 1.165) is 0 Å². The van der Waals surface area contributed by atoms with E-state index in [-0.39, 0.29) is 6.61 Å². The predicted octanol–water partition coefficient (Wildman–Crippen LogP) is -1.08. The van der Waals surface area contributed by atoms with Crippen molar-refractivity contribution in [2.45, 2.75) is 18.4 Å². The third kappa shape index (κ3) is 7.37. The van der Waals surface area contributed by atoms with E-state index >= 15 is 0 Å². The molecule has 0 saturated carbocycles. The minimum absolute atomic E-state index is 0.0606. The Labute approximate surface area is 110 Å². The van der Waals surface area contributed by atoms with Crippen molar-refractivity contribution in [2.75, 3.05) is 34.3 Å². The van der Waals surface area contributed by atoms with Gasteiger partial charge < -0.3 is 24.5 Å². The van der Waals surface area contributed by atoms with Crippen molar-refractivity contribution in [3.05, 3.63) is 0 Å². The van der Waals surface area contributed by atoms with Crippen LogP contribution in [0.25, 0.3) is 0 Å². The van der Waals surface area contributed by atoms with E-state index in [1.54, 1.807) is 0 Å². The Bertz CT molecular complexity index is 361. The number of quaternary nitrogens is 1. The van der Waals surface area contributed by atoms with E-state index in [0.29, 0.717) is 11.0 Å². The number of carboxylic acid groups (broad SMARTS) is 2. The summed E-state index contributed by atoms with van der Waals surface area (Å²) >= 11 is 0. The Kier molecular flexibility index (Phi) is 5.91. The third-order valence-corrected chi connectivity index (χ3v) is 2.30. The van der Waals surface area contributed by atoms with Gasteiger partial charge in [0.2, 0.25) is 0 Å². The molecule has 0 aromatic carbocycles. The molecule has 0 saturated heterocycles. The van der Waals surface area contributed by atoms with Crippen LogP contribution in [0.3, 0.4) is 0 Å². The minimum atomic E-state index is -2.64. The van der Waals surface area contributed by atoms with Crippen LogP contribution in [0.1, 0.15) is 12.8 Å². The van der Waals surface area contributed by atoms with Crippen molar-refractivity contribution in [2.24, 2.45) is 0 Å². The molecule has 0 aliphatic rings. The molecule has 8 nitrogen and oxygen atoms in total. The van der Waals surface area contributed by atoms with Crippen molar-refractivity contribution in [1.82, 2.24) is 0 Å². The number of carboxylic acids is 2. The van der Waals surface area contributed by atoms with Crippen LogP contribution in [-0.2, 0) is 19.1 Å². The third-order valence-electron chi connectivity index (χ3n) is 2.30. The number of hydrogen-bond donors (Lipinski definition) is 3. The molecule has 8 heteroatoms. The van der Waals surface area contributed by atoms with Gasteiger partial charge in [0, 0.05) is 0 Å². The van der Waals surface area contributed by atoms with Crippen molar-refractivity contribution >= 4 is 17.9 Å². The molecule has 0 aromatic heterocycles. The average molecular weight is 278 g/mol. The van der Waals surface area contributed by atoms with Crippen molar-refractivity contribution in [1.29, 1.82) is 0 Å². The van der Waals surface area contributed by atoms with Gasteiger partial charge in [0.05, 0.1) is 34.0 Å². The summed E-state index contributed by atoms with van der Waals surface area (Å²) in [7, 11) is 5.64. The molecule has 1 unspecified atom stereocenters. The fraction of sp³-hybridized carbons (Fsp3) is 0.727. The minimum Gasteiger partial charge on any atom is -0.481 e. The summed E-state index contributed by atoms with van der Waals surface area (Å²) in [4.78, 5) is 32.7. The van der Waals surface area contributed by atoms with Crippen LogP contribution in [0.4, 0.5) is 0 Å². The molecular formula is C11H20NO7+. The zero-order valence-electron chi connectivity index (χ0n) is 11.3. The number of aliphatic carboxylic acids is 2. The first-order chi connectivity index (χ1) is 8.46. The van der Waals surface area contributed by atoms with Gasteiger partial charge in [-0.3, -0.25) is 9.59 Å². The Hall–Kier alpha value is -1.67. The average Bonchev–Trinajstić information content (AvgIpc) is 2.12. The van der Waals surface area contributed by atoms with Gasteiger partial charge in [0.1, 0.15) is 13.2 Å². The molecule has 19 heavy (non-hydrogen) atoms. The fourth-order valence-electron chi connectivity index (χ4n) is 1.19.